The zero-order valence-corrected chi connectivity index (χ0v) is 7.43. The van der Waals surface area contributed by atoms with Gasteiger partial charge >= 0.3 is 6.08 Å². The number of benzene rings is 1. The van der Waals surface area contributed by atoms with Gasteiger partial charge in [-0.15, -0.1) is 0 Å². The van der Waals surface area contributed by atoms with Crippen LogP contribution in [-0.4, -0.2) is 0 Å². The van der Waals surface area contributed by atoms with E-state index in [2.05, 4.69) is 0 Å². The summed E-state index contributed by atoms with van der Waals surface area (Å²) >= 11 is 0. The van der Waals surface area contributed by atoms with E-state index in [1.807, 2.05) is 0 Å². The topological polar surface area (TPSA) is 0 Å². The van der Waals surface area contributed by atoms with Crippen molar-refractivity contribution in [3.05, 3.63) is 41.5 Å². The van der Waals surface area contributed by atoms with E-state index in [0.717, 1.165) is 18.4 Å². The Hall–Kier alpha value is -1.25. The average molecular weight is 198 g/mol. The third-order valence-corrected chi connectivity index (χ3v) is 2.38. The predicted molar refractivity (Wildman–Crippen MR) is 48.7 cm³/mol. The summed E-state index contributed by atoms with van der Waals surface area (Å²) in [6, 6.07) is 6.25. The first kappa shape index (κ1) is 9.31. The van der Waals surface area contributed by atoms with Gasteiger partial charge in [0.1, 0.15) is 0 Å². The molecule has 0 nitrogen and oxygen atoms in total. The Labute approximate surface area is 80.1 Å². The smallest absolute Gasteiger partial charge is 0.200 e. The lowest BCUT2D eigenvalue weighted by molar-refractivity contribution is 0.410. The van der Waals surface area contributed by atoms with Gasteiger partial charge in [0.25, 0.3) is 0 Å². The summed E-state index contributed by atoms with van der Waals surface area (Å²) in [7, 11) is 0. The molecule has 0 spiro atoms. The third kappa shape index (κ3) is 1.81. The summed E-state index contributed by atoms with van der Waals surface area (Å²) in [5.74, 6) is -0.862. The van der Waals surface area contributed by atoms with E-state index in [1.165, 1.54) is 12.1 Å². The minimum Gasteiger partial charge on any atom is -0.200 e. The molecule has 0 heterocycles. The molecular formula is C11H9F3. The highest BCUT2D eigenvalue weighted by atomic mass is 19.3. The minimum absolute atomic E-state index is 0.0469. The van der Waals surface area contributed by atoms with Crippen LogP contribution in [0.15, 0.2) is 30.3 Å². The average Bonchev–Trinajstić information content (AvgIpc) is 3.00. The lowest BCUT2D eigenvalue weighted by Gasteiger charge is -1.99. The SMILES string of the molecule is FC(F)=C(F)c1ccc(C2CC2)cc1. The van der Waals surface area contributed by atoms with Crippen molar-refractivity contribution < 1.29 is 13.2 Å². The molecule has 0 aliphatic heterocycles. The van der Waals surface area contributed by atoms with Crippen LogP contribution in [0, 0.1) is 0 Å². The van der Waals surface area contributed by atoms with E-state index in [1.54, 1.807) is 12.1 Å². The Morgan fingerprint density at radius 3 is 2.00 bits per heavy atom. The van der Waals surface area contributed by atoms with E-state index < -0.39 is 11.9 Å². The second-order valence-electron chi connectivity index (χ2n) is 3.47. The lowest BCUT2D eigenvalue weighted by Crippen LogP contribution is -1.82. The van der Waals surface area contributed by atoms with Crippen LogP contribution in [0.3, 0.4) is 0 Å². The van der Waals surface area contributed by atoms with Crippen LogP contribution in [0.5, 0.6) is 0 Å². The molecule has 0 atom stereocenters. The molecule has 1 aromatic carbocycles. The van der Waals surface area contributed by atoms with E-state index in [0.29, 0.717) is 5.92 Å². The van der Waals surface area contributed by atoms with Crippen molar-refractivity contribution in [3.8, 4) is 0 Å². The molecule has 0 aromatic heterocycles. The molecule has 1 fully saturated rings. The number of rotatable bonds is 2. The highest BCUT2D eigenvalue weighted by Crippen LogP contribution is 2.40. The van der Waals surface area contributed by atoms with E-state index in [9.17, 15) is 13.2 Å². The Kier molecular flexibility index (Phi) is 2.32. The number of hydrogen-bond acceptors (Lipinski definition) is 0. The van der Waals surface area contributed by atoms with Crippen molar-refractivity contribution in [2.75, 3.05) is 0 Å². The minimum atomic E-state index is -2.26. The second kappa shape index (κ2) is 3.48. The monoisotopic (exact) mass is 198 g/mol. The Morgan fingerprint density at radius 1 is 1.00 bits per heavy atom. The maximum absolute atomic E-state index is 12.7. The maximum Gasteiger partial charge on any atom is 0.306 e. The van der Waals surface area contributed by atoms with Crippen molar-refractivity contribution in [3.63, 3.8) is 0 Å². The fourth-order valence-corrected chi connectivity index (χ4v) is 1.43. The zero-order valence-electron chi connectivity index (χ0n) is 7.43. The van der Waals surface area contributed by atoms with Crippen molar-refractivity contribution in [2.45, 2.75) is 18.8 Å². The maximum atomic E-state index is 12.7. The van der Waals surface area contributed by atoms with Gasteiger partial charge in [-0.05, 0) is 24.3 Å². The molecule has 1 saturated carbocycles. The first-order valence-electron chi connectivity index (χ1n) is 4.49. The summed E-state index contributed by atoms with van der Waals surface area (Å²) in [5.41, 5.74) is 1.07. The highest BCUT2D eigenvalue weighted by molar-refractivity contribution is 5.59. The fraction of sp³-hybridized carbons (Fsp3) is 0.273. The Morgan fingerprint density at radius 2 is 1.57 bits per heavy atom. The summed E-state index contributed by atoms with van der Waals surface area (Å²) in [6.45, 7) is 0. The quantitative estimate of drug-likeness (QED) is 0.671. The summed E-state index contributed by atoms with van der Waals surface area (Å²) in [6.07, 6.45) is 0.0359. The predicted octanol–water partition coefficient (Wildman–Crippen LogP) is 4.10. The van der Waals surface area contributed by atoms with Crippen LogP contribution in [0.25, 0.3) is 5.83 Å². The lowest BCUT2D eigenvalue weighted by atomic mass is 10.1. The second-order valence-corrected chi connectivity index (χ2v) is 3.47. The van der Waals surface area contributed by atoms with Gasteiger partial charge in [0.05, 0.1) is 0 Å². The van der Waals surface area contributed by atoms with Crippen LogP contribution in [0.2, 0.25) is 0 Å². The van der Waals surface area contributed by atoms with Crippen molar-refractivity contribution in [1.29, 1.82) is 0 Å². The molecule has 74 valence electrons. The molecule has 0 unspecified atom stereocenters. The van der Waals surface area contributed by atoms with Gasteiger partial charge in [0, 0.05) is 5.56 Å². The van der Waals surface area contributed by atoms with Gasteiger partial charge in [-0.25, -0.2) is 4.39 Å². The van der Waals surface area contributed by atoms with Gasteiger partial charge in [-0.2, -0.15) is 8.78 Å². The number of halogens is 3. The molecule has 14 heavy (non-hydrogen) atoms. The Bertz CT molecular complexity index is 357. The van der Waals surface area contributed by atoms with Crippen LogP contribution < -0.4 is 0 Å². The van der Waals surface area contributed by atoms with E-state index in [-0.39, 0.29) is 5.56 Å². The van der Waals surface area contributed by atoms with Crippen LogP contribution in [0.1, 0.15) is 29.9 Å². The van der Waals surface area contributed by atoms with Gasteiger partial charge in [0.2, 0.25) is 0 Å². The van der Waals surface area contributed by atoms with E-state index >= 15 is 0 Å². The first-order chi connectivity index (χ1) is 6.68. The van der Waals surface area contributed by atoms with Gasteiger partial charge < -0.3 is 0 Å². The van der Waals surface area contributed by atoms with Gasteiger partial charge in [-0.3, -0.25) is 0 Å². The van der Waals surface area contributed by atoms with Crippen molar-refractivity contribution in [2.24, 2.45) is 0 Å². The highest BCUT2D eigenvalue weighted by Gasteiger charge is 2.23. The van der Waals surface area contributed by atoms with Crippen molar-refractivity contribution in [1.82, 2.24) is 0 Å². The fourth-order valence-electron chi connectivity index (χ4n) is 1.43. The zero-order chi connectivity index (χ0) is 10.1. The normalized spacial score (nSPS) is 15.4. The van der Waals surface area contributed by atoms with Gasteiger partial charge in [0.15, 0.2) is 5.83 Å². The van der Waals surface area contributed by atoms with Gasteiger partial charge in [-0.1, -0.05) is 24.3 Å². The molecule has 0 saturated heterocycles. The first-order valence-corrected chi connectivity index (χ1v) is 4.49. The molecular weight excluding hydrogens is 189 g/mol. The van der Waals surface area contributed by atoms with Crippen LogP contribution in [0.4, 0.5) is 13.2 Å². The molecule has 1 aliphatic carbocycles. The van der Waals surface area contributed by atoms with Crippen LogP contribution >= 0.6 is 0 Å². The third-order valence-electron chi connectivity index (χ3n) is 2.38. The molecule has 0 radical (unpaired) electrons. The molecule has 1 aromatic rings. The van der Waals surface area contributed by atoms with Crippen molar-refractivity contribution >= 4 is 5.83 Å². The molecule has 0 bridgehead atoms. The Balaban J connectivity index is 2.25. The van der Waals surface area contributed by atoms with E-state index in [4.69, 9.17) is 0 Å². The molecule has 0 amide bonds. The molecule has 2 rings (SSSR count). The summed E-state index contributed by atoms with van der Waals surface area (Å²) in [4.78, 5) is 0. The largest absolute Gasteiger partial charge is 0.306 e. The summed E-state index contributed by atoms with van der Waals surface area (Å²) < 4.78 is 36.5. The summed E-state index contributed by atoms with van der Waals surface area (Å²) in [5, 5.41) is 0. The molecule has 1 aliphatic rings. The van der Waals surface area contributed by atoms with Crippen LogP contribution in [-0.2, 0) is 0 Å². The molecule has 0 N–H and O–H groups in total. The molecule has 3 heteroatoms. The number of hydrogen-bond donors (Lipinski definition) is 0. The standard InChI is InChI=1S/C11H9F3/c12-10(11(13)14)9-5-3-8(4-6-9)7-1-2-7/h3-7H,1-2H2.